The van der Waals surface area contributed by atoms with Gasteiger partial charge in [0.1, 0.15) is 0 Å². The average molecular weight is 154 g/mol. The summed E-state index contributed by atoms with van der Waals surface area (Å²) in [5.41, 5.74) is 0. The molecule has 0 bridgehead atoms. The van der Waals surface area contributed by atoms with Crippen molar-refractivity contribution in [1.82, 2.24) is 0 Å². The second-order valence-electron chi connectivity index (χ2n) is 1.69. The number of hydrogen-bond donors (Lipinski definition) is 0. The lowest BCUT2D eigenvalue weighted by molar-refractivity contribution is -0.132. The van der Waals surface area contributed by atoms with E-state index in [0.717, 1.165) is 0 Å². The Morgan fingerprint density at radius 3 is 2.20 bits per heavy atom. The van der Waals surface area contributed by atoms with E-state index in [2.05, 4.69) is 10.2 Å². The largest absolute Gasteiger partial charge is 0.390 e. The van der Waals surface area contributed by atoms with Gasteiger partial charge in [0, 0.05) is 0 Å². The fourth-order valence-electron chi connectivity index (χ4n) is 0.347. The van der Waals surface area contributed by atoms with E-state index in [9.17, 15) is 13.2 Å². The van der Waals surface area contributed by atoms with Crippen LogP contribution in [0, 0.1) is 0 Å². The van der Waals surface area contributed by atoms with E-state index in [1.54, 1.807) is 6.92 Å². The molecule has 0 aliphatic rings. The summed E-state index contributed by atoms with van der Waals surface area (Å²) in [6.45, 7) is 1.91. The standard InChI is InChI=1S/C5H9F3N2/c1-2-9-10-4-3-5(6,7)8/h2-4H2,1H3. The van der Waals surface area contributed by atoms with Gasteiger partial charge in [-0.15, -0.1) is 0 Å². The third-order valence-electron chi connectivity index (χ3n) is 0.737. The van der Waals surface area contributed by atoms with Gasteiger partial charge in [0.25, 0.3) is 0 Å². The average Bonchev–Trinajstić information content (AvgIpc) is 1.78. The van der Waals surface area contributed by atoms with Crippen LogP contribution in [-0.4, -0.2) is 19.3 Å². The van der Waals surface area contributed by atoms with Gasteiger partial charge in [-0.2, -0.15) is 23.4 Å². The first kappa shape index (κ1) is 9.39. The Labute approximate surface area is 57.1 Å². The van der Waals surface area contributed by atoms with Gasteiger partial charge in [-0.05, 0) is 6.92 Å². The van der Waals surface area contributed by atoms with Gasteiger partial charge >= 0.3 is 6.18 Å². The van der Waals surface area contributed by atoms with Gasteiger partial charge in [-0.25, -0.2) is 0 Å². The van der Waals surface area contributed by atoms with E-state index in [-0.39, 0.29) is 6.54 Å². The molecule has 0 amide bonds. The molecular formula is C5H9F3N2. The van der Waals surface area contributed by atoms with Crippen LogP contribution in [0.15, 0.2) is 10.2 Å². The summed E-state index contributed by atoms with van der Waals surface area (Å²) in [6, 6.07) is 0. The molecular weight excluding hydrogens is 145 g/mol. The Balaban J connectivity index is 3.28. The van der Waals surface area contributed by atoms with E-state index in [4.69, 9.17) is 0 Å². The number of nitrogens with zero attached hydrogens (tertiary/aromatic N) is 2. The summed E-state index contributed by atoms with van der Waals surface area (Å²) >= 11 is 0. The highest BCUT2D eigenvalue weighted by atomic mass is 19.4. The van der Waals surface area contributed by atoms with Gasteiger partial charge in [0.15, 0.2) is 0 Å². The van der Waals surface area contributed by atoms with E-state index in [1.165, 1.54) is 0 Å². The van der Waals surface area contributed by atoms with Crippen molar-refractivity contribution >= 4 is 0 Å². The zero-order valence-corrected chi connectivity index (χ0v) is 5.65. The van der Waals surface area contributed by atoms with Crippen LogP contribution in [0.2, 0.25) is 0 Å². The van der Waals surface area contributed by atoms with Gasteiger partial charge in [-0.1, -0.05) is 0 Å². The quantitative estimate of drug-likeness (QED) is 0.557. The van der Waals surface area contributed by atoms with E-state index in [0.29, 0.717) is 6.54 Å². The summed E-state index contributed by atoms with van der Waals surface area (Å²) < 4.78 is 34.1. The molecule has 10 heavy (non-hydrogen) atoms. The maximum absolute atomic E-state index is 11.4. The van der Waals surface area contributed by atoms with Crippen LogP contribution in [0.3, 0.4) is 0 Å². The minimum absolute atomic E-state index is 0.253. The minimum atomic E-state index is -4.10. The second kappa shape index (κ2) is 4.24. The maximum atomic E-state index is 11.4. The zero-order chi connectivity index (χ0) is 8.04. The zero-order valence-electron chi connectivity index (χ0n) is 5.65. The molecule has 0 heterocycles. The topological polar surface area (TPSA) is 24.7 Å². The van der Waals surface area contributed by atoms with Crippen molar-refractivity contribution in [2.75, 3.05) is 13.1 Å². The van der Waals surface area contributed by atoms with Crippen molar-refractivity contribution in [3.05, 3.63) is 0 Å². The summed E-state index contributed by atoms with van der Waals surface area (Å²) in [5.74, 6) is 0. The second-order valence-corrected chi connectivity index (χ2v) is 1.69. The van der Waals surface area contributed by atoms with Crippen molar-refractivity contribution < 1.29 is 13.2 Å². The van der Waals surface area contributed by atoms with E-state index in [1.807, 2.05) is 0 Å². The molecule has 0 unspecified atom stereocenters. The molecule has 0 rings (SSSR count). The molecule has 2 nitrogen and oxygen atoms in total. The fraction of sp³-hybridized carbons (Fsp3) is 1.00. The number of halogens is 3. The minimum Gasteiger partial charge on any atom is -0.195 e. The Morgan fingerprint density at radius 2 is 1.80 bits per heavy atom. The fourth-order valence-corrected chi connectivity index (χ4v) is 0.347. The van der Waals surface area contributed by atoms with E-state index >= 15 is 0 Å². The predicted molar refractivity (Wildman–Crippen MR) is 30.9 cm³/mol. The molecule has 0 saturated carbocycles. The first-order chi connectivity index (χ1) is 4.56. The number of rotatable bonds is 3. The van der Waals surface area contributed by atoms with Gasteiger partial charge < -0.3 is 0 Å². The van der Waals surface area contributed by atoms with Crippen molar-refractivity contribution in [2.24, 2.45) is 10.2 Å². The molecule has 60 valence electrons. The molecule has 0 aliphatic carbocycles. The number of alkyl halides is 3. The Bertz CT molecular complexity index is 108. The third-order valence-corrected chi connectivity index (χ3v) is 0.737. The lowest BCUT2D eigenvalue weighted by atomic mass is 10.4. The Kier molecular flexibility index (Phi) is 3.99. The highest BCUT2D eigenvalue weighted by Gasteiger charge is 2.25. The van der Waals surface area contributed by atoms with Crippen LogP contribution in [0.1, 0.15) is 13.3 Å². The van der Waals surface area contributed by atoms with Gasteiger partial charge in [0.2, 0.25) is 0 Å². The lowest BCUT2D eigenvalue weighted by Gasteiger charge is -2.00. The molecule has 0 N–H and O–H groups in total. The highest BCUT2D eigenvalue weighted by Crippen LogP contribution is 2.18. The molecule has 0 aliphatic heterocycles. The van der Waals surface area contributed by atoms with Crippen molar-refractivity contribution in [1.29, 1.82) is 0 Å². The van der Waals surface area contributed by atoms with Crippen LogP contribution >= 0.6 is 0 Å². The molecule has 0 atom stereocenters. The first-order valence-corrected chi connectivity index (χ1v) is 2.96. The van der Waals surface area contributed by atoms with Crippen LogP contribution in [0.5, 0.6) is 0 Å². The van der Waals surface area contributed by atoms with Crippen LogP contribution in [-0.2, 0) is 0 Å². The Hall–Kier alpha value is -0.610. The van der Waals surface area contributed by atoms with Crippen LogP contribution in [0.25, 0.3) is 0 Å². The summed E-state index contributed by atoms with van der Waals surface area (Å²) in [5, 5.41) is 6.68. The monoisotopic (exact) mass is 154 g/mol. The lowest BCUT2D eigenvalue weighted by Crippen LogP contribution is -2.08. The molecule has 0 radical (unpaired) electrons. The van der Waals surface area contributed by atoms with E-state index < -0.39 is 12.6 Å². The van der Waals surface area contributed by atoms with Crippen LogP contribution < -0.4 is 0 Å². The normalized spacial score (nSPS) is 12.8. The summed E-state index contributed by atoms with van der Waals surface area (Å²) in [7, 11) is 0. The predicted octanol–water partition coefficient (Wildman–Crippen LogP) is 2.41. The van der Waals surface area contributed by atoms with Gasteiger partial charge in [0.05, 0.1) is 19.5 Å². The van der Waals surface area contributed by atoms with Crippen molar-refractivity contribution in [3.63, 3.8) is 0 Å². The van der Waals surface area contributed by atoms with Gasteiger partial charge in [-0.3, -0.25) is 0 Å². The molecule has 0 fully saturated rings. The van der Waals surface area contributed by atoms with Crippen molar-refractivity contribution in [2.45, 2.75) is 19.5 Å². The maximum Gasteiger partial charge on any atom is 0.390 e. The summed E-state index contributed by atoms with van der Waals surface area (Å²) in [6.07, 6.45) is -4.98. The van der Waals surface area contributed by atoms with Crippen molar-refractivity contribution in [3.8, 4) is 0 Å². The SMILES string of the molecule is CCN=NCCC(F)(F)F. The first-order valence-electron chi connectivity index (χ1n) is 2.96. The molecule has 0 aromatic carbocycles. The number of azo groups is 1. The smallest absolute Gasteiger partial charge is 0.195 e. The third kappa shape index (κ3) is 7.39. The van der Waals surface area contributed by atoms with Crippen LogP contribution in [0.4, 0.5) is 13.2 Å². The molecule has 5 heteroatoms. The molecule has 0 spiro atoms. The molecule has 0 aromatic heterocycles. The molecule has 0 saturated heterocycles. The highest BCUT2D eigenvalue weighted by molar-refractivity contribution is 4.50. The summed E-state index contributed by atoms with van der Waals surface area (Å²) in [4.78, 5) is 0. The number of hydrogen-bond acceptors (Lipinski definition) is 2. The molecule has 0 aromatic rings. The Morgan fingerprint density at radius 1 is 1.20 bits per heavy atom.